The Bertz CT molecular complexity index is 645. The van der Waals surface area contributed by atoms with Gasteiger partial charge in [0.2, 0.25) is 0 Å². The van der Waals surface area contributed by atoms with Gasteiger partial charge < -0.3 is 9.30 Å². The fraction of sp³-hybridized carbons (Fsp3) is 0.312. The van der Waals surface area contributed by atoms with Crippen LogP contribution in [0.3, 0.4) is 0 Å². The van der Waals surface area contributed by atoms with Gasteiger partial charge in [0.1, 0.15) is 5.75 Å². The molecule has 1 atom stereocenters. The number of nitrogens with zero attached hydrogens (tertiary/aromatic N) is 1. The predicted molar refractivity (Wildman–Crippen MR) is 74.7 cm³/mol. The van der Waals surface area contributed by atoms with Gasteiger partial charge in [-0.3, -0.25) is 4.79 Å². The molecule has 1 aliphatic heterocycles. The number of aryl methyl sites for hydroxylation is 1. The monoisotopic (exact) mass is 255 g/mol. The quantitative estimate of drug-likeness (QED) is 0.826. The molecule has 1 unspecified atom stereocenters. The third-order valence-corrected chi connectivity index (χ3v) is 3.65. The molecule has 3 heteroatoms. The highest BCUT2D eigenvalue weighted by atomic mass is 16.5. The van der Waals surface area contributed by atoms with Gasteiger partial charge in [-0.05, 0) is 36.6 Å². The second-order valence-corrected chi connectivity index (χ2v) is 5.07. The standard InChI is InChI=1S/C16H17NO2/c1-12-6-8-17(16(18)10-12)11-13-7-9-19-15-5-3-2-4-14(13)15/h2-6,8,10,13H,7,9,11H2,1H3. The number of hydrogen-bond acceptors (Lipinski definition) is 2. The first-order valence-corrected chi connectivity index (χ1v) is 6.63. The maximum atomic E-state index is 12.0. The van der Waals surface area contributed by atoms with Crippen LogP contribution < -0.4 is 10.3 Å². The summed E-state index contributed by atoms with van der Waals surface area (Å²) in [7, 11) is 0. The Hall–Kier alpha value is -2.03. The third kappa shape index (κ3) is 2.41. The van der Waals surface area contributed by atoms with Crippen LogP contribution in [-0.2, 0) is 6.54 Å². The Morgan fingerprint density at radius 1 is 1.32 bits per heavy atom. The molecule has 0 saturated carbocycles. The first kappa shape index (κ1) is 12.0. The maximum absolute atomic E-state index is 12.0. The summed E-state index contributed by atoms with van der Waals surface area (Å²) >= 11 is 0. The summed E-state index contributed by atoms with van der Waals surface area (Å²) in [5.74, 6) is 1.31. The topological polar surface area (TPSA) is 31.2 Å². The van der Waals surface area contributed by atoms with E-state index < -0.39 is 0 Å². The number of fused-ring (bicyclic) bond motifs is 1. The van der Waals surface area contributed by atoms with Gasteiger partial charge >= 0.3 is 0 Å². The summed E-state index contributed by atoms with van der Waals surface area (Å²) in [5.41, 5.74) is 2.29. The lowest BCUT2D eigenvalue weighted by Gasteiger charge is -2.26. The largest absolute Gasteiger partial charge is 0.493 e. The van der Waals surface area contributed by atoms with Crippen molar-refractivity contribution >= 4 is 0 Å². The van der Waals surface area contributed by atoms with Crippen molar-refractivity contribution in [2.24, 2.45) is 0 Å². The lowest BCUT2D eigenvalue weighted by Crippen LogP contribution is -2.25. The minimum atomic E-state index is 0.0731. The zero-order valence-corrected chi connectivity index (χ0v) is 11.0. The number of rotatable bonds is 2. The lowest BCUT2D eigenvalue weighted by molar-refractivity contribution is 0.258. The lowest BCUT2D eigenvalue weighted by atomic mass is 9.93. The van der Waals surface area contributed by atoms with Crippen LogP contribution in [0.2, 0.25) is 0 Å². The van der Waals surface area contributed by atoms with Crippen LogP contribution >= 0.6 is 0 Å². The second kappa shape index (κ2) is 4.92. The van der Waals surface area contributed by atoms with Gasteiger partial charge in [0.25, 0.3) is 5.56 Å². The van der Waals surface area contributed by atoms with E-state index in [1.54, 1.807) is 10.6 Å². The van der Waals surface area contributed by atoms with E-state index in [0.717, 1.165) is 30.9 Å². The molecule has 98 valence electrons. The van der Waals surface area contributed by atoms with Gasteiger partial charge in [-0.25, -0.2) is 0 Å². The van der Waals surface area contributed by atoms with Crippen molar-refractivity contribution in [3.63, 3.8) is 0 Å². The first-order valence-electron chi connectivity index (χ1n) is 6.63. The smallest absolute Gasteiger partial charge is 0.250 e. The average molecular weight is 255 g/mol. The van der Waals surface area contributed by atoms with Crippen molar-refractivity contribution in [2.45, 2.75) is 25.8 Å². The van der Waals surface area contributed by atoms with Crippen LogP contribution in [0.15, 0.2) is 47.4 Å². The molecule has 1 aliphatic rings. The Kier molecular flexibility index (Phi) is 3.11. The van der Waals surface area contributed by atoms with Gasteiger partial charge in [-0.1, -0.05) is 18.2 Å². The van der Waals surface area contributed by atoms with E-state index in [1.165, 1.54) is 5.56 Å². The highest BCUT2D eigenvalue weighted by Gasteiger charge is 2.21. The number of ether oxygens (including phenoxy) is 1. The second-order valence-electron chi connectivity index (χ2n) is 5.07. The van der Waals surface area contributed by atoms with E-state index in [0.29, 0.717) is 5.92 Å². The summed E-state index contributed by atoms with van der Waals surface area (Å²) in [5, 5.41) is 0. The molecule has 1 aromatic carbocycles. The zero-order valence-electron chi connectivity index (χ0n) is 11.0. The Balaban J connectivity index is 1.90. The Morgan fingerprint density at radius 2 is 2.16 bits per heavy atom. The average Bonchev–Trinajstić information content (AvgIpc) is 2.42. The maximum Gasteiger partial charge on any atom is 0.250 e. The molecule has 0 amide bonds. The highest BCUT2D eigenvalue weighted by molar-refractivity contribution is 5.37. The van der Waals surface area contributed by atoms with Crippen molar-refractivity contribution in [1.82, 2.24) is 4.57 Å². The number of para-hydroxylation sites is 1. The highest BCUT2D eigenvalue weighted by Crippen LogP contribution is 2.33. The zero-order chi connectivity index (χ0) is 13.2. The molecule has 19 heavy (non-hydrogen) atoms. The number of benzene rings is 1. The minimum Gasteiger partial charge on any atom is -0.493 e. The number of hydrogen-bond donors (Lipinski definition) is 0. The van der Waals surface area contributed by atoms with Gasteiger partial charge in [-0.15, -0.1) is 0 Å². The summed E-state index contributed by atoms with van der Waals surface area (Å²) in [6, 6.07) is 11.8. The van der Waals surface area contributed by atoms with Gasteiger partial charge in [0, 0.05) is 24.7 Å². The molecule has 3 nitrogen and oxygen atoms in total. The van der Waals surface area contributed by atoms with Crippen molar-refractivity contribution < 1.29 is 4.74 Å². The van der Waals surface area contributed by atoms with Crippen molar-refractivity contribution in [1.29, 1.82) is 0 Å². The van der Waals surface area contributed by atoms with Crippen LogP contribution in [0, 0.1) is 6.92 Å². The normalized spacial score (nSPS) is 17.6. The van der Waals surface area contributed by atoms with Crippen LogP contribution in [0.5, 0.6) is 5.75 Å². The molecule has 0 radical (unpaired) electrons. The molecule has 3 rings (SSSR count). The van der Waals surface area contributed by atoms with Crippen molar-refractivity contribution in [3.05, 3.63) is 64.1 Å². The van der Waals surface area contributed by atoms with Crippen LogP contribution in [0.1, 0.15) is 23.5 Å². The van der Waals surface area contributed by atoms with Crippen LogP contribution in [-0.4, -0.2) is 11.2 Å². The molecule has 2 aromatic rings. The molecule has 0 saturated heterocycles. The van der Waals surface area contributed by atoms with Crippen molar-refractivity contribution in [3.8, 4) is 5.75 Å². The predicted octanol–water partition coefficient (Wildman–Crippen LogP) is 2.72. The molecular formula is C16H17NO2. The number of pyridine rings is 1. The van der Waals surface area contributed by atoms with E-state index in [9.17, 15) is 4.79 Å². The van der Waals surface area contributed by atoms with E-state index in [1.807, 2.05) is 37.4 Å². The molecule has 0 N–H and O–H groups in total. The molecular weight excluding hydrogens is 238 g/mol. The molecule has 0 spiro atoms. The fourth-order valence-electron chi connectivity index (χ4n) is 2.60. The van der Waals surface area contributed by atoms with Crippen LogP contribution in [0.4, 0.5) is 0 Å². The summed E-state index contributed by atoms with van der Waals surface area (Å²) in [4.78, 5) is 12.0. The SMILES string of the molecule is Cc1ccn(CC2CCOc3ccccc32)c(=O)c1. The van der Waals surface area contributed by atoms with Crippen LogP contribution in [0.25, 0.3) is 0 Å². The minimum absolute atomic E-state index is 0.0731. The van der Waals surface area contributed by atoms with E-state index >= 15 is 0 Å². The Labute approximate surface area is 112 Å². The van der Waals surface area contributed by atoms with E-state index in [4.69, 9.17) is 4.74 Å². The molecule has 0 bridgehead atoms. The van der Waals surface area contributed by atoms with Gasteiger partial charge in [-0.2, -0.15) is 0 Å². The molecule has 0 aliphatic carbocycles. The summed E-state index contributed by atoms with van der Waals surface area (Å²) in [6.45, 7) is 3.39. The summed E-state index contributed by atoms with van der Waals surface area (Å²) in [6.07, 6.45) is 2.84. The van der Waals surface area contributed by atoms with Gasteiger partial charge in [0.15, 0.2) is 0 Å². The Morgan fingerprint density at radius 3 is 3.00 bits per heavy atom. The summed E-state index contributed by atoms with van der Waals surface area (Å²) < 4.78 is 7.44. The van der Waals surface area contributed by atoms with Gasteiger partial charge in [0.05, 0.1) is 6.61 Å². The number of aromatic nitrogens is 1. The third-order valence-electron chi connectivity index (χ3n) is 3.65. The molecule has 2 heterocycles. The first-order chi connectivity index (χ1) is 9.24. The van der Waals surface area contributed by atoms with Crippen molar-refractivity contribution in [2.75, 3.05) is 6.61 Å². The van der Waals surface area contributed by atoms with E-state index in [2.05, 4.69) is 6.07 Å². The molecule has 0 fully saturated rings. The van der Waals surface area contributed by atoms with E-state index in [-0.39, 0.29) is 5.56 Å². The fourth-order valence-corrected chi connectivity index (χ4v) is 2.60. The molecule has 1 aromatic heterocycles.